The number of hydrogen-bond acceptors (Lipinski definition) is 3. The number of rotatable bonds is 4. The van der Waals surface area contributed by atoms with Gasteiger partial charge in [-0.2, -0.15) is 0 Å². The van der Waals surface area contributed by atoms with E-state index in [4.69, 9.17) is 14.7 Å². The van der Waals surface area contributed by atoms with Gasteiger partial charge in [0.1, 0.15) is 22.8 Å². The lowest BCUT2D eigenvalue weighted by molar-refractivity contribution is 0.484. The van der Waals surface area contributed by atoms with Gasteiger partial charge < -0.3 is 4.74 Å². The average Bonchev–Trinajstić information content (AvgIpc) is 3.84. The molecule has 0 saturated heterocycles. The van der Waals surface area contributed by atoms with Crippen molar-refractivity contribution in [1.82, 2.24) is 18.8 Å². The van der Waals surface area contributed by atoms with Crippen molar-refractivity contribution in [3.05, 3.63) is 180 Å². The van der Waals surface area contributed by atoms with Gasteiger partial charge in [-0.15, -0.1) is 0 Å². The number of aryl methyl sites for hydroxylation is 4. The molecule has 0 radical (unpaired) electrons. The van der Waals surface area contributed by atoms with E-state index in [2.05, 4.69) is 194 Å². The molecule has 0 unspecified atom stereocenters. The minimum absolute atomic E-state index is 0.748. The lowest BCUT2D eigenvalue weighted by Gasteiger charge is -2.17. The van der Waals surface area contributed by atoms with Crippen LogP contribution in [0.3, 0.4) is 0 Å². The Labute approximate surface area is 340 Å². The largest absolute Gasteiger partial charge is 0.457 e. The van der Waals surface area contributed by atoms with E-state index < -0.39 is 0 Å². The summed E-state index contributed by atoms with van der Waals surface area (Å²) in [5, 5.41) is 6.73. The molecule has 0 amide bonds. The Bertz CT molecular complexity index is 3720. The Morgan fingerprint density at radius 2 is 0.915 bits per heavy atom. The summed E-state index contributed by atoms with van der Waals surface area (Å²) in [6.45, 7) is 8.80. The van der Waals surface area contributed by atoms with Crippen molar-refractivity contribution in [2.75, 3.05) is 0 Å². The summed E-state index contributed by atoms with van der Waals surface area (Å²) >= 11 is 0. The number of ether oxygens (including phenoxy) is 1. The maximum atomic E-state index is 6.87. The molecular weight excluding hydrogens is 721 g/mol. The molecule has 4 aromatic heterocycles. The lowest BCUT2D eigenvalue weighted by atomic mass is 9.91. The SMILES string of the molecule is Cc1cccc(C)c1-c1ccc2c(c1)c1ccc(Oc3ccc4c(c3)c3nc5ccccc5n3c3cccc(-c5c(C)cccc5C)c43)cc1c1nc3ccccc3n21. The Hall–Kier alpha value is -7.50. The van der Waals surface area contributed by atoms with Gasteiger partial charge in [-0.25, -0.2) is 9.97 Å². The molecule has 280 valence electrons. The average molecular weight is 759 g/mol. The number of benzene rings is 8. The number of pyridine rings is 2. The van der Waals surface area contributed by atoms with Crippen LogP contribution in [-0.2, 0) is 0 Å². The highest BCUT2D eigenvalue weighted by Crippen LogP contribution is 2.43. The Balaban J connectivity index is 1.08. The molecule has 5 nitrogen and oxygen atoms in total. The van der Waals surface area contributed by atoms with E-state index in [-0.39, 0.29) is 0 Å². The fourth-order valence-corrected chi connectivity index (χ4v) is 9.86. The van der Waals surface area contributed by atoms with Gasteiger partial charge in [-0.1, -0.05) is 78.9 Å². The van der Waals surface area contributed by atoms with Gasteiger partial charge in [0.15, 0.2) is 0 Å². The molecule has 0 N–H and O–H groups in total. The third-order valence-corrected chi connectivity index (χ3v) is 12.4. The van der Waals surface area contributed by atoms with Gasteiger partial charge >= 0.3 is 0 Å². The van der Waals surface area contributed by atoms with Crippen molar-refractivity contribution in [3.8, 4) is 33.8 Å². The van der Waals surface area contributed by atoms with Crippen LogP contribution < -0.4 is 4.74 Å². The van der Waals surface area contributed by atoms with Crippen LogP contribution in [0.2, 0.25) is 0 Å². The van der Waals surface area contributed by atoms with Gasteiger partial charge in [0.25, 0.3) is 0 Å². The Morgan fingerprint density at radius 3 is 1.56 bits per heavy atom. The summed E-state index contributed by atoms with van der Waals surface area (Å²) in [6.07, 6.45) is 0. The first-order valence-corrected chi connectivity index (χ1v) is 20.2. The Morgan fingerprint density at radius 1 is 0.390 bits per heavy atom. The van der Waals surface area contributed by atoms with Gasteiger partial charge in [0, 0.05) is 21.5 Å². The molecule has 0 spiro atoms. The molecule has 0 atom stereocenters. The maximum Gasteiger partial charge on any atom is 0.146 e. The molecular formula is C54H38N4O. The number of para-hydroxylation sites is 4. The van der Waals surface area contributed by atoms with Crippen molar-refractivity contribution in [1.29, 1.82) is 0 Å². The summed E-state index contributed by atoms with van der Waals surface area (Å²) in [4.78, 5) is 10.5. The van der Waals surface area contributed by atoms with Gasteiger partial charge in [0.05, 0.1) is 33.1 Å². The third-order valence-electron chi connectivity index (χ3n) is 12.4. The second-order valence-corrected chi connectivity index (χ2v) is 16.0. The fraction of sp³-hybridized carbons (Fsp3) is 0.0741. The van der Waals surface area contributed by atoms with Crippen LogP contribution in [-0.4, -0.2) is 18.8 Å². The first kappa shape index (κ1) is 33.6. The number of aromatic nitrogens is 4. The van der Waals surface area contributed by atoms with Crippen molar-refractivity contribution < 1.29 is 4.74 Å². The first-order chi connectivity index (χ1) is 28.9. The molecule has 0 fully saturated rings. The molecule has 0 aliphatic rings. The second kappa shape index (κ2) is 12.5. The van der Waals surface area contributed by atoms with E-state index in [1.807, 2.05) is 0 Å². The maximum absolute atomic E-state index is 6.87. The molecule has 0 aliphatic carbocycles. The smallest absolute Gasteiger partial charge is 0.146 e. The van der Waals surface area contributed by atoms with E-state index in [1.54, 1.807) is 0 Å². The number of nitrogens with zero attached hydrogens (tertiary/aromatic N) is 4. The number of fused-ring (bicyclic) bond motifs is 16. The molecule has 59 heavy (non-hydrogen) atoms. The normalized spacial score (nSPS) is 12.1. The quantitative estimate of drug-likeness (QED) is 0.168. The standard InChI is InChI=1S/C54H38N4O/c1-31-12-9-13-32(2)50(31)35-22-27-46-41(28-35)38-25-23-36(29-42(38)53-55-44-17-5-7-19-47(44)57(46)53)59-37-24-26-39-43(30-37)54-56-45-18-6-8-20-48(45)58(54)49-21-11-16-40(52(39)49)51-33(3)14-10-15-34(51)4/h5-30H,1-4H3. The molecule has 0 bridgehead atoms. The second-order valence-electron chi connectivity index (χ2n) is 16.0. The summed E-state index contributed by atoms with van der Waals surface area (Å²) in [5.41, 5.74) is 18.2. The van der Waals surface area contributed by atoms with Crippen LogP contribution in [0.15, 0.2) is 158 Å². The van der Waals surface area contributed by atoms with Crippen LogP contribution in [0.5, 0.6) is 11.5 Å². The van der Waals surface area contributed by atoms with Crippen molar-refractivity contribution >= 4 is 76.7 Å². The molecule has 0 saturated carbocycles. The van der Waals surface area contributed by atoms with Gasteiger partial charge in [-0.05, 0) is 162 Å². The van der Waals surface area contributed by atoms with Crippen LogP contribution in [0.1, 0.15) is 22.3 Å². The first-order valence-electron chi connectivity index (χ1n) is 20.2. The van der Waals surface area contributed by atoms with Crippen molar-refractivity contribution in [3.63, 3.8) is 0 Å². The lowest BCUT2D eigenvalue weighted by Crippen LogP contribution is -1.96. The molecule has 5 heteroatoms. The highest BCUT2D eigenvalue weighted by atomic mass is 16.5. The number of imidazole rings is 2. The van der Waals surface area contributed by atoms with Crippen LogP contribution in [0, 0.1) is 27.7 Å². The highest BCUT2D eigenvalue weighted by molar-refractivity contribution is 6.19. The number of hydrogen-bond donors (Lipinski definition) is 0. The monoisotopic (exact) mass is 758 g/mol. The fourth-order valence-electron chi connectivity index (χ4n) is 9.86. The third kappa shape index (κ3) is 4.91. The zero-order valence-corrected chi connectivity index (χ0v) is 33.2. The summed E-state index contributed by atoms with van der Waals surface area (Å²) in [6, 6.07) is 56.3. The van der Waals surface area contributed by atoms with E-state index >= 15 is 0 Å². The minimum atomic E-state index is 0.748. The van der Waals surface area contributed by atoms with E-state index in [9.17, 15) is 0 Å². The van der Waals surface area contributed by atoms with E-state index in [1.165, 1.54) is 55.3 Å². The summed E-state index contributed by atoms with van der Waals surface area (Å²) in [7, 11) is 0. The highest BCUT2D eigenvalue weighted by Gasteiger charge is 2.20. The van der Waals surface area contributed by atoms with Gasteiger partial charge in [0.2, 0.25) is 0 Å². The van der Waals surface area contributed by atoms with Crippen molar-refractivity contribution in [2.45, 2.75) is 27.7 Å². The molecule has 12 rings (SSSR count). The topological polar surface area (TPSA) is 43.8 Å². The molecule has 0 aliphatic heterocycles. The summed E-state index contributed by atoms with van der Waals surface area (Å²) in [5.74, 6) is 1.50. The van der Waals surface area contributed by atoms with Gasteiger partial charge in [-0.3, -0.25) is 8.80 Å². The Kier molecular flexibility index (Phi) is 7.12. The molecule has 4 heterocycles. The zero-order chi connectivity index (χ0) is 39.5. The zero-order valence-electron chi connectivity index (χ0n) is 33.2. The minimum Gasteiger partial charge on any atom is -0.457 e. The van der Waals surface area contributed by atoms with Crippen molar-refractivity contribution in [2.24, 2.45) is 0 Å². The van der Waals surface area contributed by atoms with E-state index in [0.29, 0.717) is 0 Å². The predicted molar refractivity (Wildman–Crippen MR) is 245 cm³/mol. The van der Waals surface area contributed by atoms with Crippen LogP contribution in [0.25, 0.3) is 99.0 Å². The van der Waals surface area contributed by atoms with Crippen LogP contribution in [0.4, 0.5) is 0 Å². The molecule has 12 aromatic rings. The van der Waals surface area contributed by atoms with Crippen LogP contribution >= 0.6 is 0 Å². The predicted octanol–water partition coefficient (Wildman–Crippen LogP) is 14.3. The van der Waals surface area contributed by atoms with E-state index in [0.717, 1.165) is 77.4 Å². The molecule has 8 aromatic carbocycles. The summed E-state index contributed by atoms with van der Waals surface area (Å²) < 4.78 is 11.5.